The van der Waals surface area contributed by atoms with Crippen molar-refractivity contribution in [2.24, 2.45) is 5.73 Å². The van der Waals surface area contributed by atoms with E-state index >= 15 is 0 Å². The van der Waals surface area contributed by atoms with E-state index in [0.29, 0.717) is 12.3 Å². The quantitative estimate of drug-likeness (QED) is 0.300. The smallest absolute Gasteiger partial charge is 0.330 e. The lowest BCUT2D eigenvalue weighted by Crippen LogP contribution is -2.15. The Morgan fingerprint density at radius 2 is 1.61 bits per heavy atom. The van der Waals surface area contributed by atoms with E-state index in [2.05, 4.69) is 27.9 Å². The van der Waals surface area contributed by atoms with E-state index in [4.69, 9.17) is 20.4 Å². The van der Waals surface area contributed by atoms with E-state index in [9.17, 15) is 4.79 Å². The molecule has 5 aromatic rings. The molecule has 8 heteroatoms. The number of aromatic amines is 1. The van der Waals surface area contributed by atoms with E-state index in [1.54, 1.807) is 10.8 Å². The molecule has 0 fully saturated rings. The van der Waals surface area contributed by atoms with Crippen LogP contribution in [0.2, 0.25) is 0 Å². The maximum Gasteiger partial charge on any atom is 0.330 e. The lowest BCUT2D eigenvalue weighted by molar-refractivity contribution is -0.134. The monoisotopic (exact) mass is 484 g/mol. The van der Waals surface area contributed by atoms with Crippen molar-refractivity contribution in [1.82, 2.24) is 14.1 Å². The van der Waals surface area contributed by atoms with Crippen LogP contribution in [0.5, 0.6) is 11.5 Å². The number of carbonyl (C=O) groups is 1. The summed E-state index contributed by atoms with van der Waals surface area (Å²) in [6.45, 7) is 2.55. The van der Waals surface area contributed by atoms with Gasteiger partial charge < -0.3 is 25.1 Å². The van der Waals surface area contributed by atoms with Crippen LogP contribution in [0.3, 0.4) is 0 Å². The van der Waals surface area contributed by atoms with Crippen LogP contribution < -0.4 is 16.2 Å². The molecule has 36 heavy (non-hydrogen) atoms. The van der Waals surface area contributed by atoms with Gasteiger partial charge in [0.15, 0.2) is 0 Å². The summed E-state index contributed by atoms with van der Waals surface area (Å²) < 4.78 is 9.79. The number of para-hydroxylation sites is 2. The summed E-state index contributed by atoms with van der Waals surface area (Å²) in [6, 6.07) is 25.4. The van der Waals surface area contributed by atoms with Gasteiger partial charge in [-0.25, -0.2) is 4.79 Å². The fraction of sp³-hybridized carbons (Fsp3) is 0.143. The number of benzene rings is 3. The van der Waals surface area contributed by atoms with Crippen LogP contribution in [0, 0.1) is 0 Å². The topological polar surface area (TPSA) is 115 Å². The standard InChI is InChI=1S/C26H24N4O2.C2H4O2/c27-15-6-16-29-18-23(22-9-4-5-10-24(22)29)25-17-28-26(31)30(25)19-11-13-21(14-12-19)32-20-7-2-1-3-8-20;1-2(3)4/h1-5,7-14,17-18H,6,15-16,27H2,(H,28,31);1H3,(H,3,4). The molecule has 0 atom stereocenters. The minimum absolute atomic E-state index is 0.185. The van der Waals surface area contributed by atoms with Gasteiger partial charge in [-0.3, -0.25) is 9.36 Å². The van der Waals surface area contributed by atoms with Gasteiger partial charge >= 0.3 is 5.69 Å². The average Bonchev–Trinajstić information content (AvgIpc) is 3.44. The highest BCUT2D eigenvalue weighted by atomic mass is 16.5. The Hall–Kier alpha value is -4.56. The van der Waals surface area contributed by atoms with Crippen molar-refractivity contribution in [3.63, 3.8) is 0 Å². The average molecular weight is 485 g/mol. The first-order valence-electron chi connectivity index (χ1n) is 11.6. The minimum Gasteiger partial charge on any atom is -0.481 e. The number of ether oxygens (including phenoxy) is 1. The van der Waals surface area contributed by atoms with Gasteiger partial charge in [-0.1, -0.05) is 36.4 Å². The number of aryl methyl sites for hydroxylation is 1. The van der Waals surface area contributed by atoms with E-state index < -0.39 is 5.97 Å². The molecule has 0 amide bonds. The van der Waals surface area contributed by atoms with Crippen molar-refractivity contribution in [1.29, 1.82) is 0 Å². The van der Waals surface area contributed by atoms with Gasteiger partial charge in [0, 0.05) is 42.3 Å². The number of nitrogens with two attached hydrogens (primary N) is 1. The summed E-state index contributed by atoms with van der Waals surface area (Å²) in [5, 5.41) is 8.52. The molecule has 4 N–H and O–H groups in total. The first-order chi connectivity index (χ1) is 17.5. The van der Waals surface area contributed by atoms with Crippen molar-refractivity contribution in [2.45, 2.75) is 19.9 Å². The predicted molar refractivity (Wildman–Crippen MR) is 141 cm³/mol. The minimum atomic E-state index is -0.833. The predicted octanol–water partition coefficient (Wildman–Crippen LogP) is 5.02. The van der Waals surface area contributed by atoms with Gasteiger partial charge in [0.25, 0.3) is 5.97 Å². The maximum absolute atomic E-state index is 12.8. The van der Waals surface area contributed by atoms with E-state index in [1.165, 1.54) is 0 Å². The van der Waals surface area contributed by atoms with Crippen molar-refractivity contribution in [3.05, 3.63) is 102 Å². The Bertz CT molecular complexity index is 1490. The molecule has 0 spiro atoms. The second-order valence-corrected chi connectivity index (χ2v) is 8.14. The Balaban J connectivity index is 0.000000709. The number of aliphatic carboxylic acids is 1. The highest BCUT2D eigenvalue weighted by molar-refractivity contribution is 5.95. The third-order valence-corrected chi connectivity index (χ3v) is 5.52. The number of carboxylic acids is 1. The molecule has 8 nitrogen and oxygen atoms in total. The van der Waals surface area contributed by atoms with Gasteiger partial charge in [0.05, 0.1) is 11.4 Å². The summed E-state index contributed by atoms with van der Waals surface area (Å²) in [4.78, 5) is 24.6. The van der Waals surface area contributed by atoms with Crippen molar-refractivity contribution in [2.75, 3.05) is 6.54 Å². The van der Waals surface area contributed by atoms with Crippen LogP contribution in [-0.4, -0.2) is 31.7 Å². The van der Waals surface area contributed by atoms with Gasteiger partial charge in [-0.2, -0.15) is 0 Å². The van der Waals surface area contributed by atoms with Crippen LogP contribution >= 0.6 is 0 Å². The van der Waals surface area contributed by atoms with Gasteiger partial charge in [0.1, 0.15) is 11.5 Å². The van der Waals surface area contributed by atoms with E-state index in [0.717, 1.165) is 53.5 Å². The zero-order valence-electron chi connectivity index (χ0n) is 19.9. The Labute approximate surface area is 208 Å². The lowest BCUT2D eigenvalue weighted by atomic mass is 10.1. The highest BCUT2D eigenvalue weighted by Gasteiger charge is 2.16. The van der Waals surface area contributed by atoms with Crippen LogP contribution in [0.4, 0.5) is 0 Å². The Kier molecular flexibility index (Phi) is 7.67. The number of H-pyrrole nitrogens is 1. The molecule has 0 bridgehead atoms. The summed E-state index contributed by atoms with van der Waals surface area (Å²) in [5.41, 5.74) is 9.26. The second-order valence-electron chi connectivity index (χ2n) is 8.14. The molecular weight excluding hydrogens is 456 g/mol. The number of rotatable bonds is 7. The molecule has 0 saturated carbocycles. The molecule has 2 aromatic heterocycles. The summed E-state index contributed by atoms with van der Waals surface area (Å²) in [5.74, 6) is 0.647. The molecule has 0 aliphatic heterocycles. The molecule has 0 saturated heterocycles. The number of fused-ring (bicyclic) bond motifs is 1. The van der Waals surface area contributed by atoms with Gasteiger partial charge in [-0.05, 0) is 55.4 Å². The van der Waals surface area contributed by atoms with E-state index in [-0.39, 0.29) is 5.69 Å². The number of nitrogens with one attached hydrogen (secondary N) is 1. The molecule has 0 aliphatic carbocycles. The SMILES string of the molecule is CC(=O)O.NCCCn1cc(-c2c[nH]c(=O)n2-c2ccc(Oc3ccccc3)cc2)c2ccccc21. The summed E-state index contributed by atoms with van der Waals surface area (Å²) in [7, 11) is 0. The molecule has 0 aliphatic rings. The van der Waals surface area contributed by atoms with Crippen LogP contribution in [0.1, 0.15) is 13.3 Å². The zero-order chi connectivity index (χ0) is 25.5. The van der Waals surface area contributed by atoms with Crippen LogP contribution in [0.15, 0.2) is 96.1 Å². The largest absolute Gasteiger partial charge is 0.481 e. The Morgan fingerprint density at radius 1 is 0.972 bits per heavy atom. The number of imidazole rings is 1. The fourth-order valence-corrected chi connectivity index (χ4v) is 4.01. The van der Waals surface area contributed by atoms with Crippen LogP contribution in [0.25, 0.3) is 27.8 Å². The number of carboxylic acid groups (broad SMARTS) is 1. The lowest BCUT2D eigenvalue weighted by Gasteiger charge is -2.09. The first-order valence-corrected chi connectivity index (χ1v) is 11.6. The number of hydrogen-bond donors (Lipinski definition) is 3. The maximum atomic E-state index is 12.8. The third-order valence-electron chi connectivity index (χ3n) is 5.52. The first kappa shape index (κ1) is 24.6. The molecule has 0 radical (unpaired) electrons. The Morgan fingerprint density at radius 3 is 2.31 bits per heavy atom. The van der Waals surface area contributed by atoms with Crippen molar-refractivity contribution in [3.8, 4) is 28.4 Å². The zero-order valence-corrected chi connectivity index (χ0v) is 19.9. The molecule has 2 heterocycles. The van der Waals surface area contributed by atoms with Crippen molar-refractivity contribution < 1.29 is 14.6 Å². The summed E-state index contributed by atoms with van der Waals surface area (Å²) in [6.07, 6.45) is 4.76. The highest BCUT2D eigenvalue weighted by Crippen LogP contribution is 2.32. The van der Waals surface area contributed by atoms with Gasteiger partial charge in [0.2, 0.25) is 0 Å². The molecule has 5 rings (SSSR count). The summed E-state index contributed by atoms with van der Waals surface area (Å²) >= 11 is 0. The number of nitrogens with zero attached hydrogens (tertiary/aromatic N) is 2. The normalized spacial score (nSPS) is 10.6. The molecule has 3 aromatic carbocycles. The molecular formula is C28H28N4O4. The van der Waals surface area contributed by atoms with Gasteiger partial charge in [-0.15, -0.1) is 0 Å². The van der Waals surface area contributed by atoms with E-state index in [1.807, 2.05) is 66.7 Å². The molecule has 0 unspecified atom stereocenters. The fourth-order valence-electron chi connectivity index (χ4n) is 4.01. The number of aromatic nitrogens is 3. The second kappa shape index (κ2) is 11.2. The number of hydrogen-bond acceptors (Lipinski definition) is 4. The third kappa shape index (κ3) is 5.56. The van der Waals surface area contributed by atoms with Crippen molar-refractivity contribution >= 4 is 16.9 Å². The molecule has 184 valence electrons. The van der Waals surface area contributed by atoms with Crippen LogP contribution in [-0.2, 0) is 11.3 Å².